The lowest BCUT2D eigenvalue weighted by Gasteiger charge is -2.15. The zero-order chi connectivity index (χ0) is 15.6. The van der Waals surface area contributed by atoms with Gasteiger partial charge in [-0.3, -0.25) is 0 Å². The van der Waals surface area contributed by atoms with Crippen molar-refractivity contribution in [3.63, 3.8) is 0 Å². The Morgan fingerprint density at radius 3 is 2.62 bits per heavy atom. The lowest BCUT2D eigenvalue weighted by Crippen LogP contribution is -2.05. The summed E-state index contributed by atoms with van der Waals surface area (Å²) in [4.78, 5) is 0. The summed E-state index contributed by atoms with van der Waals surface area (Å²) in [7, 11) is 0. The van der Waals surface area contributed by atoms with Crippen LogP contribution in [0.4, 0.5) is 8.78 Å². The van der Waals surface area contributed by atoms with Crippen LogP contribution in [0.15, 0.2) is 34.8 Å². The van der Waals surface area contributed by atoms with Gasteiger partial charge in [0.1, 0.15) is 24.0 Å². The molecule has 0 aliphatic rings. The Kier molecular flexibility index (Phi) is 4.96. The molecule has 0 fully saturated rings. The molecule has 0 aliphatic heterocycles. The van der Waals surface area contributed by atoms with Gasteiger partial charge in [-0.1, -0.05) is 11.6 Å². The summed E-state index contributed by atoms with van der Waals surface area (Å²) in [6.07, 6.45) is -0.725. The van der Waals surface area contributed by atoms with Gasteiger partial charge in [-0.25, -0.2) is 8.78 Å². The number of aryl methyl sites for hydroxylation is 1. The average molecular weight is 357 g/mol. The fraction of sp³-hybridized carbons (Fsp3) is 0.250. The van der Waals surface area contributed by atoms with Crippen molar-refractivity contribution in [2.24, 2.45) is 0 Å². The molecule has 2 aromatic carbocycles. The van der Waals surface area contributed by atoms with E-state index in [-0.39, 0.29) is 16.6 Å². The second kappa shape index (κ2) is 6.54. The molecule has 2 nitrogen and oxygen atoms in total. The summed E-state index contributed by atoms with van der Waals surface area (Å²) in [5.41, 5.74) is 1.41. The maximum atomic E-state index is 13.9. The third kappa shape index (κ3) is 3.60. The van der Waals surface area contributed by atoms with Crippen molar-refractivity contribution in [2.75, 3.05) is 0 Å². The van der Waals surface area contributed by atoms with E-state index in [9.17, 15) is 13.9 Å². The molecule has 0 saturated heterocycles. The molecule has 0 unspecified atom stereocenters. The molecule has 0 aromatic heterocycles. The molecule has 0 spiro atoms. The van der Waals surface area contributed by atoms with Crippen LogP contribution in [0.3, 0.4) is 0 Å². The van der Waals surface area contributed by atoms with Crippen molar-refractivity contribution in [3.05, 3.63) is 63.1 Å². The number of aliphatic hydroxyl groups is 1. The van der Waals surface area contributed by atoms with Crippen molar-refractivity contribution in [3.8, 4) is 5.75 Å². The highest BCUT2D eigenvalue weighted by molar-refractivity contribution is 9.10. The first-order valence-electron chi connectivity index (χ1n) is 6.44. The number of rotatable bonds is 4. The van der Waals surface area contributed by atoms with Crippen molar-refractivity contribution in [2.45, 2.75) is 26.6 Å². The van der Waals surface area contributed by atoms with Crippen LogP contribution in [0.1, 0.15) is 29.7 Å². The Labute approximate surface area is 130 Å². The summed E-state index contributed by atoms with van der Waals surface area (Å²) in [5, 5.41) is 9.74. The number of hydrogen-bond donors (Lipinski definition) is 1. The first-order valence-corrected chi connectivity index (χ1v) is 7.23. The molecule has 0 aliphatic carbocycles. The van der Waals surface area contributed by atoms with Gasteiger partial charge in [0.05, 0.1) is 16.1 Å². The molecule has 2 aromatic rings. The molecule has 112 valence electrons. The summed E-state index contributed by atoms with van der Waals surface area (Å²) >= 11 is 3.02. The Balaban J connectivity index is 2.27. The number of ether oxygens (including phenoxy) is 1. The Bertz CT molecular complexity index is 657. The van der Waals surface area contributed by atoms with E-state index in [1.54, 1.807) is 19.1 Å². The monoisotopic (exact) mass is 356 g/mol. The second-order valence-corrected chi connectivity index (χ2v) is 5.68. The van der Waals surface area contributed by atoms with Gasteiger partial charge < -0.3 is 9.84 Å². The molecule has 0 amide bonds. The maximum absolute atomic E-state index is 13.9. The first-order chi connectivity index (χ1) is 9.90. The van der Waals surface area contributed by atoms with E-state index in [1.165, 1.54) is 12.1 Å². The van der Waals surface area contributed by atoms with E-state index in [1.807, 2.05) is 13.0 Å². The summed E-state index contributed by atoms with van der Waals surface area (Å²) in [6.45, 7) is 3.26. The highest BCUT2D eigenvalue weighted by Crippen LogP contribution is 2.28. The van der Waals surface area contributed by atoms with Crippen LogP contribution in [0.25, 0.3) is 0 Å². The molecule has 1 atom stereocenters. The second-order valence-electron chi connectivity index (χ2n) is 4.83. The van der Waals surface area contributed by atoms with E-state index < -0.39 is 17.7 Å². The lowest BCUT2D eigenvalue weighted by molar-refractivity contribution is 0.189. The smallest absolute Gasteiger partial charge is 0.146 e. The van der Waals surface area contributed by atoms with Gasteiger partial charge in [0, 0.05) is 5.56 Å². The van der Waals surface area contributed by atoms with Crippen molar-refractivity contribution in [1.29, 1.82) is 0 Å². The van der Waals surface area contributed by atoms with Crippen LogP contribution in [0.2, 0.25) is 0 Å². The SMILES string of the molecule is Cc1ccc(OCc2c(F)ccc(Br)c2F)c([C@@H](C)O)c1. The number of benzene rings is 2. The Morgan fingerprint density at radius 2 is 1.95 bits per heavy atom. The third-order valence-electron chi connectivity index (χ3n) is 3.13. The summed E-state index contributed by atoms with van der Waals surface area (Å²) in [5.74, 6) is -0.934. The number of aliphatic hydroxyl groups excluding tert-OH is 1. The third-order valence-corrected chi connectivity index (χ3v) is 3.74. The molecular weight excluding hydrogens is 342 g/mol. The average Bonchev–Trinajstić information content (AvgIpc) is 2.44. The van der Waals surface area contributed by atoms with Crippen LogP contribution in [-0.4, -0.2) is 5.11 Å². The van der Waals surface area contributed by atoms with Gasteiger partial charge in [0.25, 0.3) is 0 Å². The fourth-order valence-electron chi connectivity index (χ4n) is 1.98. The van der Waals surface area contributed by atoms with E-state index in [0.29, 0.717) is 11.3 Å². The van der Waals surface area contributed by atoms with Crippen molar-refractivity contribution in [1.82, 2.24) is 0 Å². The van der Waals surface area contributed by atoms with Crippen molar-refractivity contribution >= 4 is 15.9 Å². The van der Waals surface area contributed by atoms with E-state index >= 15 is 0 Å². The molecular formula is C16H15BrF2O2. The van der Waals surface area contributed by atoms with E-state index in [0.717, 1.165) is 5.56 Å². The molecule has 0 heterocycles. The predicted molar refractivity (Wildman–Crippen MR) is 80.2 cm³/mol. The van der Waals surface area contributed by atoms with Crippen LogP contribution in [0, 0.1) is 18.6 Å². The zero-order valence-corrected chi connectivity index (χ0v) is 13.2. The van der Waals surface area contributed by atoms with Crippen LogP contribution >= 0.6 is 15.9 Å². The quantitative estimate of drug-likeness (QED) is 0.806. The standard InChI is InChI=1S/C16H15BrF2O2/c1-9-3-6-15(11(7-9)10(2)20)21-8-12-14(18)5-4-13(17)16(12)19/h3-7,10,20H,8H2,1-2H3/t10-/m1/s1. The molecule has 21 heavy (non-hydrogen) atoms. The van der Waals surface area contributed by atoms with Crippen LogP contribution < -0.4 is 4.74 Å². The Hall–Kier alpha value is -1.46. The minimum absolute atomic E-state index is 0.151. The van der Waals surface area contributed by atoms with Crippen LogP contribution in [0.5, 0.6) is 5.75 Å². The van der Waals surface area contributed by atoms with Gasteiger partial charge in [0.2, 0.25) is 0 Å². The van der Waals surface area contributed by atoms with Crippen LogP contribution in [-0.2, 0) is 6.61 Å². The van der Waals surface area contributed by atoms with Gasteiger partial charge in [0.15, 0.2) is 0 Å². The van der Waals surface area contributed by atoms with Crippen molar-refractivity contribution < 1.29 is 18.6 Å². The minimum Gasteiger partial charge on any atom is -0.488 e. The Morgan fingerprint density at radius 1 is 1.24 bits per heavy atom. The number of hydrogen-bond acceptors (Lipinski definition) is 2. The number of halogens is 3. The van der Waals surface area contributed by atoms with E-state index in [4.69, 9.17) is 4.74 Å². The molecule has 0 bridgehead atoms. The normalized spacial score (nSPS) is 12.3. The molecule has 0 saturated carbocycles. The van der Waals surface area contributed by atoms with E-state index in [2.05, 4.69) is 15.9 Å². The fourth-order valence-corrected chi connectivity index (χ4v) is 2.35. The van der Waals surface area contributed by atoms with Gasteiger partial charge in [-0.2, -0.15) is 0 Å². The summed E-state index contributed by atoms with van der Waals surface area (Å²) in [6, 6.07) is 7.77. The molecule has 0 radical (unpaired) electrons. The van der Waals surface area contributed by atoms with Gasteiger partial charge in [-0.15, -0.1) is 0 Å². The first kappa shape index (κ1) is 15.9. The lowest BCUT2D eigenvalue weighted by atomic mass is 10.1. The summed E-state index contributed by atoms with van der Waals surface area (Å²) < 4.78 is 33.2. The highest BCUT2D eigenvalue weighted by atomic mass is 79.9. The van der Waals surface area contributed by atoms with Gasteiger partial charge in [-0.05, 0) is 54.0 Å². The largest absolute Gasteiger partial charge is 0.488 e. The topological polar surface area (TPSA) is 29.5 Å². The molecule has 5 heteroatoms. The van der Waals surface area contributed by atoms with Gasteiger partial charge >= 0.3 is 0 Å². The molecule has 1 N–H and O–H groups in total. The molecule has 2 rings (SSSR count). The predicted octanol–water partition coefficient (Wildman–Crippen LogP) is 4.67. The zero-order valence-electron chi connectivity index (χ0n) is 11.7. The minimum atomic E-state index is -0.725. The maximum Gasteiger partial charge on any atom is 0.146 e. The highest BCUT2D eigenvalue weighted by Gasteiger charge is 2.15.